The van der Waals surface area contributed by atoms with Crippen molar-refractivity contribution in [3.8, 4) is 0 Å². The van der Waals surface area contributed by atoms with Gasteiger partial charge in [-0.1, -0.05) is 25.2 Å². The molecule has 4 rings (SSSR count). The van der Waals surface area contributed by atoms with Gasteiger partial charge in [0.2, 0.25) is 0 Å². The number of aryl methyl sites for hydroxylation is 1. The van der Waals surface area contributed by atoms with E-state index in [1.165, 1.54) is 6.08 Å². The second kappa shape index (κ2) is 8.03. The predicted molar refractivity (Wildman–Crippen MR) is 110 cm³/mol. The van der Waals surface area contributed by atoms with Crippen LogP contribution >= 0.6 is 0 Å². The van der Waals surface area contributed by atoms with E-state index in [9.17, 15) is 23.1 Å². The molecule has 1 N–H and O–H groups in total. The second-order valence-electron chi connectivity index (χ2n) is 7.99. The fourth-order valence-electron chi connectivity index (χ4n) is 4.36. The number of carboxylic acids is 1. The first-order valence-corrected chi connectivity index (χ1v) is 10.2. The minimum absolute atomic E-state index is 0.0870. The van der Waals surface area contributed by atoms with Crippen LogP contribution in [0.5, 0.6) is 0 Å². The van der Waals surface area contributed by atoms with Crippen LogP contribution in [-0.2, 0) is 11.3 Å². The molecular weight excluding hydrogens is 411 g/mol. The normalized spacial score (nSPS) is 22.1. The molecule has 1 aliphatic heterocycles. The summed E-state index contributed by atoms with van der Waals surface area (Å²) in [5.41, 5.74) is 1.24. The molecule has 1 aromatic carbocycles. The number of hydrogen-bond acceptors (Lipinski definition) is 4. The van der Waals surface area contributed by atoms with Gasteiger partial charge >= 0.3 is 12.1 Å². The van der Waals surface area contributed by atoms with E-state index < -0.39 is 29.6 Å². The van der Waals surface area contributed by atoms with E-state index >= 15 is 0 Å². The molecule has 166 valence electrons. The number of morpholine rings is 1. The van der Waals surface area contributed by atoms with Crippen LogP contribution in [0.25, 0.3) is 11.0 Å². The molecule has 0 spiro atoms. The molecule has 1 fully saturated rings. The van der Waals surface area contributed by atoms with Crippen LogP contribution in [0.3, 0.4) is 0 Å². The number of anilines is 1. The van der Waals surface area contributed by atoms with E-state index in [4.69, 9.17) is 4.74 Å². The summed E-state index contributed by atoms with van der Waals surface area (Å²) < 4.78 is 47.3. The highest BCUT2D eigenvalue weighted by Crippen LogP contribution is 2.39. The first-order valence-electron chi connectivity index (χ1n) is 10.2. The number of hydrogen-bond donors (Lipinski definition) is 1. The van der Waals surface area contributed by atoms with Gasteiger partial charge in [0.15, 0.2) is 0 Å². The Morgan fingerprint density at radius 3 is 2.65 bits per heavy atom. The summed E-state index contributed by atoms with van der Waals surface area (Å²) in [6.45, 7) is 5.98. The summed E-state index contributed by atoms with van der Waals surface area (Å²) in [7, 11) is 0. The molecule has 2 aromatic rings. The number of allylic oxidation sites excluding steroid dienone is 4. The van der Waals surface area contributed by atoms with Gasteiger partial charge in [-0.15, -0.1) is 0 Å². The quantitative estimate of drug-likeness (QED) is 0.780. The number of carboxylic acid groups (broad SMARTS) is 1. The lowest BCUT2D eigenvalue weighted by Crippen LogP contribution is -2.36. The Balaban J connectivity index is 1.75. The summed E-state index contributed by atoms with van der Waals surface area (Å²) in [4.78, 5) is 18.4. The van der Waals surface area contributed by atoms with E-state index in [2.05, 4.69) is 9.88 Å². The Labute approximate surface area is 177 Å². The van der Waals surface area contributed by atoms with E-state index in [-0.39, 0.29) is 12.1 Å². The SMILES string of the molecule is Cc1nc2c(C(=O)O)cc(N3CCOCC3)cc2n1CC1C=CC=C(C(F)(F)F)C1C. The van der Waals surface area contributed by atoms with E-state index in [1.54, 1.807) is 26.0 Å². The van der Waals surface area contributed by atoms with Crippen LogP contribution in [0.2, 0.25) is 0 Å². The standard InChI is InChI=1S/C22H24F3N3O3/c1-13-15(4-3-5-18(13)22(23,24)25)12-28-14(2)26-20-17(21(29)30)10-16(11-19(20)28)27-6-8-31-9-7-27/h3-5,10-11,13,15H,6-9,12H2,1-2H3,(H,29,30). The number of benzene rings is 1. The number of aromatic nitrogens is 2. The van der Waals surface area contributed by atoms with Gasteiger partial charge in [-0.05, 0) is 25.0 Å². The Morgan fingerprint density at radius 2 is 2.00 bits per heavy atom. The third-order valence-corrected chi connectivity index (χ3v) is 6.12. The lowest BCUT2D eigenvalue weighted by atomic mass is 9.83. The number of nitrogens with zero attached hydrogens (tertiary/aromatic N) is 3. The molecule has 9 heteroatoms. The molecule has 0 radical (unpaired) electrons. The fourth-order valence-corrected chi connectivity index (χ4v) is 4.36. The molecule has 0 amide bonds. The van der Waals surface area contributed by atoms with Gasteiger partial charge in [-0.3, -0.25) is 0 Å². The maximum absolute atomic E-state index is 13.4. The Bertz CT molecular complexity index is 1070. The summed E-state index contributed by atoms with van der Waals surface area (Å²) in [6, 6.07) is 3.49. The van der Waals surface area contributed by atoms with Crippen molar-refractivity contribution in [2.75, 3.05) is 31.2 Å². The van der Waals surface area contributed by atoms with Gasteiger partial charge in [-0.2, -0.15) is 13.2 Å². The number of aromatic carboxylic acids is 1. The van der Waals surface area contributed by atoms with Crippen LogP contribution in [0.1, 0.15) is 23.1 Å². The van der Waals surface area contributed by atoms with Crippen LogP contribution in [0, 0.1) is 18.8 Å². The lowest BCUT2D eigenvalue weighted by Gasteiger charge is -2.30. The lowest BCUT2D eigenvalue weighted by molar-refractivity contribution is -0.100. The average molecular weight is 435 g/mol. The molecule has 31 heavy (non-hydrogen) atoms. The first kappa shape index (κ1) is 21.4. The molecule has 0 saturated carbocycles. The maximum Gasteiger partial charge on any atom is 0.412 e. The molecule has 2 heterocycles. The van der Waals surface area contributed by atoms with Crippen molar-refractivity contribution in [3.05, 3.63) is 47.3 Å². The topological polar surface area (TPSA) is 67.6 Å². The predicted octanol–water partition coefficient (Wildman–Crippen LogP) is 4.19. The zero-order chi connectivity index (χ0) is 22.3. The van der Waals surface area contributed by atoms with Crippen LogP contribution in [0.4, 0.5) is 18.9 Å². The van der Waals surface area contributed by atoms with Crippen molar-refractivity contribution >= 4 is 22.7 Å². The van der Waals surface area contributed by atoms with Crippen molar-refractivity contribution in [1.82, 2.24) is 9.55 Å². The van der Waals surface area contributed by atoms with Crippen molar-refractivity contribution in [2.45, 2.75) is 26.6 Å². The molecule has 1 aromatic heterocycles. The molecule has 6 nitrogen and oxygen atoms in total. The molecule has 1 saturated heterocycles. The van der Waals surface area contributed by atoms with Gasteiger partial charge in [-0.25, -0.2) is 9.78 Å². The molecular formula is C22H24F3N3O3. The molecule has 1 aliphatic carbocycles. The van der Waals surface area contributed by atoms with Gasteiger partial charge < -0.3 is 19.3 Å². The Kier molecular flexibility index (Phi) is 5.55. The number of fused-ring (bicyclic) bond motifs is 1. The smallest absolute Gasteiger partial charge is 0.412 e. The monoisotopic (exact) mass is 435 g/mol. The zero-order valence-corrected chi connectivity index (χ0v) is 17.3. The van der Waals surface area contributed by atoms with Crippen molar-refractivity contribution < 1.29 is 27.8 Å². The molecule has 2 aliphatic rings. The third kappa shape index (κ3) is 4.06. The van der Waals surface area contributed by atoms with E-state index in [0.717, 1.165) is 11.8 Å². The average Bonchev–Trinajstić information content (AvgIpc) is 3.03. The Hall–Kier alpha value is -2.81. The number of ether oxygens (including phenoxy) is 1. The number of halogens is 3. The largest absolute Gasteiger partial charge is 0.478 e. The summed E-state index contributed by atoms with van der Waals surface area (Å²) in [5.74, 6) is -1.63. The molecule has 2 atom stereocenters. The van der Waals surface area contributed by atoms with Gasteiger partial charge in [0, 0.05) is 36.8 Å². The van der Waals surface area contributed by atoms with Gasteiger partial charge in [0.25, 0.3) is 0 Å². The summed E-state index contributed by atoms with van der Waals surface area (Å²) in [6.07, 6.45) is -0.0353. The zero-order valence-electron chi connectivity index (χ0n) is 17.3. The summed E-state index contributed by atoms with van der Waals surface area (Å²) in [5, 5.41) is 9.76. The number of rotatable bonds is 4. The van der Waals surface area contributed by atoms with Crippen LogP contribution < -0.4 is 4.90 Å². The minimum Gasteiger partial charge on any atom is -0.478 e. The van der Waals surface area contributed by atoms with Crippen molar-refractivity contribution in [1.29, 1.82) is 0 Å². The molecule has 0 bridgehead atoms. The van der Waals surface area contributed by atoms with E-state index in [1.807, 2.05) is 10.6 Å². The second-order valence-corrected chi connectivity index (χ2v) is 7.99. The number of imidazole rings is 1. The highest BCUT2D eigenvalue weighted by atomic mass is 19.4. The van der Waals surface area contributed by atoms with Crippen molar-refractivity contribution in [3.63, 3.8) is 0 Å². The highest BCUT2D eigenvalue weighted by Gasteiger charge is 2.40. The van der Waals surface area contributed by atoms with E-state index in [0.29, 0.717) is 43.2 Å². The Morgan fingerprint density at radius 1 is 1.29 bits per heavy atom. The van der Waals surface area contributed by atoms with Crippen molar-refractivity contribution in [2.24, 2.45) is 11.8 Å². The number of alkyl halides is 3. The van der Waals surface area contributed by atoms with Crippen LogP contribution in [0.15, 0.2) is 35.9 Å². The van der Waals surface area contributed by atoms with Gasteiger partial charge in [0.05, 0.1) is 24.3 Å². The minimum atomic E-state index is -4.38. The molecule has 2 unspecified atom stereocenters. The van der Waals surface area contributed by atoms with Crippen LogP contribution in [-0.4, -0.2) is 53.1 Å². The highest BCUT2D eigenvalue weighted by molar-refractivity contribution is 6.03. The number of carbonyl (C=O) groups is 1. The third-order valence-electron chi connectivity index (χ3n) is 6.12. The summed E-state index contributed by atoms with van der Waals surface area (Å²) >= 11 is 0. The maximum atomic E-state index is 13.4. The van der Waals surface area contributed by atoms with Gasteiger partial charge in [0.1, 0.15) is 11.3 Å². The first-order chi connectivity index (χ1) is 14.7. The fraction of sp³-hybridized carbons (Fsp3) is 0.455.